The van der Waals surface area contributed by atoms with Crippen molar-refractivity contribution in [1.82, 2.24) is 20.0 Å². The molecule has 0 spiro atoms. The van der Waals surface area contributed by atoms with E-state index in [1.807, 2.05) is 5.38 Å². The average molecular weight is 328 g/mol. The summed E-state index contributed by atoms with van der Waals surface area (Å²) in [6, 6.07) is 8.34. The molecule has 0 aliphatic rings. The van der Waals surface area contributed by atoms with Crippen LogP contribution >= 0.6 is 11.3 Å². The number of aryl methyl sites for hydroxylation is 2. The van der Waals surface area contributed by atoms with Crippen molar-refractivity contribution in [2.45, 2.75) is 26.2 Å². The van der Waals surface area contributed by atoms with Crippen LogP contribution in [0.1, 0.15) is 24.6 Å². The van der Waals surface area contributed by atoms with Crippen LogP contribution in [0.3, 0.4) is 0 Å². The van der Waals surface area contributed by atoms with Gasteiger partial charge in [-0.05, 0) is 12.0 Å². The number of aliphatic carboxylic acids is 1. The molecule has 0 saturated heterocycles. The highest BCUT2D eigenvalue weighted by atomic mass is 32.1. The zero-order chi connectivity index (χ0) is 16.2. The Balaban J connectivity index is 1.77. The summed E-state index contributed by atoms with van der Waals surface area (Å²) in [4.78, 5) is 15.2. The molecule has 0 atom stereocenters. The summed E-state index contributed by atoms with van der Waals surface area (Å²) in [7, 11) is 0. The molecule has 0 unspecified atom stereocenters. The van der Waals surface area contributed by atoms with Gasteiger partial charge in [-0.3, -0.25) is 4.79 Å². The van der Waals surface area contributed by atoms with E-state index in [1.54, 1.807) is 10.9 Å². The van der Waals surface area contributed by atoms with Crippen molar-refractivity contribution >= 4 is 17.3 Å². The fraction of sp³-hybridized carbons (Fsp3) is 0.250. The van der Waals surface area contributed by atoms with Gasteiger partial charge in [0.1, 0.15) is 0 Å². The lowest BCUT2D eigenvalue weighted by molar-refractivity contribution is -0.136. The molecule has 0 aliphatic heterocycles. The summed E-state index contributed by atoms with van der Waals surface area (Å²) in [6.45, 7) is 2.13. The van der Waals surface area contributed by atoms with E-state index >= 15 is 0 Å². The average Bonchev–Trinajstić information content (AvgIpc) is 3.22. The molecule has 118 valence electrons. The van der Waals surface area contributed by atoms with Crippen molar-refractivity contribution in [3.8, 4) is 16.4 Å². The third-order valence-electron chi connectivity index (χ3n) is 3.48. The maximum Gasteiger partial charge on any atom is 0.303 e. The van der Waals surface area contributed by atoms with E-state index in [-0.39, 0.29) is 6.42 Å². The molecular formula is C16H16N4O2S. The predicted octanol–water partition coefficient (Wildman–Crippen LogP) is 2.97. The van der Waals surface area contributed by atoms with Gasteiger partial charge in [0.05, 0.1) is 24.0 Å². The van der Waals surface area contributed by atoms with Crippen LogP contribution in [0.25, 0.3) is 16.4 Å². The van der Waals surface area contributed by atoms with Crippen LogP contribution in [0.2, 0.25) is 0 Å². The molecule has 2 heterocycles. The van der Waals surface area contributed by atoms with E-state index < -0.39 is 5.97 Å². The van der Waals surface area contributed by atoms with Crippen LogP contribution in [-0.4, -0.2) is 31.1 Å². The lowest BCUT2D eigenvalue weighted by Gasteiger charge is -1.99. The number of aromatic nitrogens is 4. The Bertz CT molecular complexity index is 808. The minimum atomic E-state index is -0.841. The van der Waals surface area contributed by atoms with Crippen molar-refractivity contribution < 1.29 is 9.90 Å². The minimum Gasteiger partial charge on any atom is -0.481 e. The molecule has 0 amide bonds. The van der Waals surface area contributed by atoms with Crippen LogP contribution in [0.4, 0.5) is 0 Å². The molecule has 0 aliphatic carbocycles. The van der Waals surface area contributed by atoms with E-state index in [2.05, 4.69) is 46.5 Å². The monoisotopic (exact) mass is 328 g/mol. The Labute approximate surface area is 137 Å². The van der Waals surface area contributed by atoms with Gasteiger partial charge in [0.15, 0.2) is 0 Å². The predicted molar refractivity (Wildman–Crippen MR) is 87.8 cm³/mol. The molecule has 23 heavy (non-hydrogen) atoms. The molecule has 7 heteroatoms. The number of hydrogen-bond donors (Lipinski definition) is 1. The van der Waals surface area contributed by atoms with Crippen LogP contribution in [0.5, 0.6) is 0 Å². The van der Waals surface area contributed by atoms with Crippen molar-refractivity contribution in [3.63, 3.8) is 0 Å². The van der Waals surface area contributed by atoms with Crippen LogP contribution < -0.4 is 0 Å². The zero-order valence-corrected chi connectivity index (χ0v) is 13.5. The number of carbonyl (C=O) groups is 1. The van der Waals surface area contributed by atoms with Gasteiger partial charge >= 0.3 is 5.97 Å². The van der Waals surface area contributed by atoms with Crippen molar-refractivity contribution in [3.05, 3.63) is 47.1 Å². The van der Waals surface area contributed by atoms with Gasteiger partial charge < -0.3 is 5.11 Å². The van der Waals surface area contributed by atoms with E-state index in [4.69, 9.17) is 5.11 Å². The van der Waals surface area contributed by atoms with Crippen molar-refractivity contribution in [1.29, 1.82) is 0 Å². The quantitative estimate of drug-likeness (QED) is 0.752. The number of benzene rings is 1. The highest BCUT2D eigenvalue weighted by Crippen LogP contribution is 2.24. The second-order valence-corrected chi connectivity index (χ2v) is 5.95. The van der Waals surface area contributed by atoms with Crippen molar-refractivity contribution in [2.75, 3.05) is 0 Å². The number of rotatable bonds is 6. The maximum atomic E-state index is 10.6. The molecule has 0 radical (unpaired) electrons. The summed E-state index contributed by atoms with van der Waals surface area (Å²) < 4.78 is 1.59. The molecule has 0 saturated carbocycles. The fourth-order valence-corrected chi connectivity index (χ4v) is 2.91. The molecular weight excluding hydrogens is 312 g/mol. The SMILES string of the molecule is CCc1ccc(-c2csc(-n3cc(CCC(=O)O)nn3)n2)cc1. The van der Waals surface area contributed by atoms with Gasteiger partial charge in [0, 0.05) is 17.4 Å². The number of nitrogens with zero attached hydrogens (tertiary/aromatic N) is 4. The lowest BCUT2D eigenvalue weighted by atomic mass is 10.1. The second-order valence-electron chi connectivity index (χ2n) is 5.11. The van der Waals surface area contributed by atoms with E-state index in [9.17, 15) is 4.79 Å². The number of hydrogen-bond acceptors (Lipinski definition) is 5. The van der Waals surface area contributed by atoms with Crippen LogP contribution in [0, 0.1) is 0 Å². The normalized spacial score (nSPS) is 10.8. The molecule has 3 aromatic rings. The Hall–Kier alpha value is -2.54. The largest absolute Gasteiger partial charge is 0.481 e. The molecule has 0 fully saturated rings. The molecule has 6 nitrogen and oxygen atoms in total. The fourth-order valence-electron chi connectivity index (χ4n) is 2.15. The number of carboxylic acid groups (broad SMARTS) is 1. The Morgan fingerprint density at radius 1 is 1.30 bits per heavy atom. The highest BCUT2D eigenvalue weighted by Gasteiger charge is 2.10. The number of carboxylic acids is 1. The second kappa shape index (κ2) is 6.70. The van der Waals surface area contributed by atoms with Gasteiger partial charge in [0.2, 0.25) is 5.13 Å². The van der Waals surface area contributed by atoms with Gasteiger partial charge in [0.25, 0.3) is 0 Å². The summed E-state index contributed by atoms with van der Waals surface area (Å²) in [6.07, 6.45) is 3.16. The Kier molecular flexibility index (Phi) is 4.47. The first-order chi connectivity index (χ1) is 11.2. The lowest BCUT2D eigenvalue weighted by Crippen LogP contribution is -1.97. The third-order valence-corrected chi connectivity index (χ3v) is 4.31. The topological polar surface area (TPSA) is 80.9 Å². The first-order valence-electron chi connectivity index (χ1n) is 7.34. The first-order valence-corrected chi connectivity index (χ1v) is 8.22. The van der Waals surface area contributed by atoms with E-state index in [1.165, 1.54) is 16.9 Å². The maximum absolute atomic E-state index is 10.6. The van der Waals surface area contributed by atoms with Crippen LogP contribution in [0.15, 0.2) is 35.8 Å². The molecule has 1 aromatic carbocycles. The minimum absolute atomic E-state index is 0.0472. The highest BCUT2D eigenvalue weighted by molar-refractivity contribution is 7.12. The van der Waals surface area contributed by atoms with Gasteiger partial charge in [-0.2, -0.15) is 4.68 Å². The van der Waals surface area contributed by atoms with E-state index in [0.717, 1.165) is 17.7 Å². The summed E-state index contributed by atoms with van der Waals surface area (Å²) in [5, 5.41) is 19.4. The Morgan fingerprint density at radius 2 is 2.09 bits per heavy atom. The molecule has 1 N–H and O–H groups in total. The molecule has 3 rings (SSSR count). The summed E-state index contributed by atoms with van der Waals surface area (Å²) >= 11 is 1.48. The van der Waals surface area contributed by atoms with Gasteiger partial charge in [-0.1, -0.05) is 36.4 Å². The summed E-state index contributed by atoms with van der Waals surface area (Å²) in [5.74, 6) is -0.841. The summed E-state index contributed by atoms with van der Waals surface area (Å²) in [5.41, 5.74) is 3.91. The first kappa shape index (κ1) is 15.4. The van der Waals surface area contributed by atoms with E-state index in [0.29, 0.717) is 17.2 Å². The smallest absolute Gasteiger partial charge is 0.303 e. The standard InChI is InChI=1S/C16H16N4O2S/c1-2-11-3-5-12(6-4-11)14-10-23-16(17-14)20-9-13(18-19-20)7-8-15(21)22/h3-6,9-10H,2,7-8H2,1H3,(H,21,22). The number of thiazole rings is 1. The Morgan fingerprint density at radius 3 is 2.78 bits per heavy atom. The van der Waals surface area contributed by atoms with Gasteiger partial charge in [-0.25, -0.2) is 4.98 Å². The van der Waals surface area contributed by atoms with Gasteiger partial charge in [-0.15, -0.1) is 16.4 Å². The molecule has 2 aromatic heterocycles. The van der Waals surface area contributed by atoms with Crippen molar-refractivity contribution in [2.24, 2.45) is 0 Å². The zero-order valence-electron chi connectivity index (χ0n) is 12.6. The third kappa shape index (κ3) is 3.62. The molecule has 0 bridgehead atoms. The van der Waals surface area contributed by atoms with Crippen LogP contribution in [-0.2, 0) is 17.6 Å².